The molecular weight excluding hydrogens is 304 g/mol. The molecule has 1 aromatic heterocycles. The third-order valence-corrected chi connectivity index (χ3v) is 3.81. The average Bonchev–Trinajstić information content (AvgIpc) is 3.04. The molecule has 122 valence electrons. The van der Waals surface area contributed by atoms with Gasteiger partial charge in [0.15, 0.2) is 0 Å². The zero-order valence-corrected chi connectivity index (χ0v) is 13.5. The maximum atomic E-state index is 12.2. The third kappa shape index (κ3) is 3.22. The number of aromatic amines is 1. The Kier molecular flexibility index (Phi) is 4.20. The van der Waals surface area contributed by atoms with Crippen molar-refractivity contribution in [3.63, 3.8) is 0 Å². The van der Waals surface area contributed by atoms with Crippen LogP contribution in [0.5, 0.6) is 0 Å². The van der Waals surface area contributed by atoms with Crippen LogP contribution in [0.3, 0.4) is 0 Å². The third-order valence-electron chi connectivity index (χ3n) is 3.81. The topological polar surface area (TPSA) is 77.2 Å². The first-order valence-corrected chi connectivity index (χ1v) is 7.53. The summed E-state index contributed by atoms with van der Waals surface area (Å²) in [5.41, 5.74) is 3.01. The van der Waals surface area contributed by atoms with Crippen LogP contribution in [0.15, 0.2) is 54.7 Å². The molecule has 0 saturated heterocycles. The lowest BCUT2D eigenvalue weighted by molar-refractivity contribution is -0.116. The van der Waals surface area contributed by atoms with Crippen molar-refractivity contribution in [2.45, 2.75) is 6.92 Å². The number of hydrogen-bond acceptors (Lipinski definition) is 2. The van der Waals surface area contributed by atoms with Gasteiger partial charge in [0, 0.05) is 42.4 Å². The summed E-state index contributed by atoms with van der Waals surface area (Å²) >= 11 is 0. The highest BCUT2D eigenvalue weighted by molar-refractivity contribution is 6.06. The Morgan fingerprint density at radius 3 is 2.62 bits per heavy atom. The van der Waals surface area contributed by atoms with E-state index >= 15 is 0 Å². The fourth-order valence-corrected chi connectivity index (χ4v) is 2.45. The Labute approximate surface area is 139 Å². The maximum absolute atomic E-state index is 12.2. The van der Waals surface area contributed by atoms with Gasteiger partial charge in [-0.25, -0.2) is 4.79 Å². The number of nitrogens with one attached hydrogen (secondary N) is 3. The number of amides is 3. The minimum absolute atomic E-state index is 0.0734. The SMILES string of the molecule is CC(=O)N(C)c1cccc(NC(=O)Nc2cccc3[nH]ccc23)c1. The summed E-state index contributed by atoms with van der Waals surface area (Å²) in [6, 6.07) is 14.3. The predicted molar refractivity (Wildman–Crippen MR) is 96.5 cm³/mol. The van der Waals surface area contributed by atoms with Crippen LogP contribution < -0.4 is 15.5 Å². The number of carbonyl (C=O) groups is 2. The van der Waals surface area contributed by atoms with E-state index in [-0.39, 0.29) is 11.9 Å². The molecule has 0 saturated carbocycles. The maximum Gasteiger partial charge on any atom is 0.323 e. The van der Waals surface area contributed by atoms with E-state index in [9.17, 15) is 9.59 Å². The first-order valence-electron chi connectivity index (χ1n) is 7.53. The molecule has 3 amide bonds. The van der Waals surface area contributed by atoms with Gasteiger partial charge in [0.1, 0.15) is 0 Å². The van der Waals surface area contributed by atoms with Crippen LogP contribution in [0.4, 0.5) is 21.9 Å². The molecule has 0 spiro atoms. The van der Waals surface area contributed by atoms with Crippen molar-refractivity contribution < 1.29 is 9.59 Å². The summed E-state index contributed by atoms with van der Waals surface area (Å²) in [6.07, 6.45) is 1.83. The van der Waals surface area contributed by atoms with Crippen LogP contribution in [0.1, 0.15) is 6.92 Å². The number of nitrogens with zero attached hydrogens (tertiary/aromatic N) is 1. The van der Waals surface area contributed by atoms with Gasteiger partial charge in [-0.05, 0) is 36.4 Å². The van der Waals surface area contributed by atoms with Crippen molar-refractivity contribution in [3.8, 4) is 0 Å². The molecule has 0 fully saturated rings. The van der Waals surface area contributed by atoms with Crippen molar-refractivity contribution in [1.29, 1.82) is 0 Å². The monoisotopic (exact) mass is 322 g/mol. The van der Waals surface area contributed by atoms with E-state index in [1.54, 1.807) is 25.2 Å². The molecule has 0 unspecified atom stereocenters. The van der Waals surface area contributed by atoms with Crippen LogP contribution in [0, 0.1) is 0 Å². The van der Waals surface area contributed by atoms with E-state index in [1.807, 2.05) is 36.5 Å². The molecule has 0 aliphatic rings. The number of fused-ring (bicyclic) bond motifs is 1. The summed E-state index contributed by atoms with van der Waals surface area (Å²) < 4.78 is 0. The fourth-order valence-electron chi connectivity index (χ4n) is 2.45. The smallest absolute Gasteiger partial charge is 0.323 e. The van der Waals surface area contributed by atoms with Crippen molar-refractivity contribution in [2.75, 3.05) is 22.6 Å². The lowest BCUT2D eigenvalue weighted by Gasteiger charge is -2.16. The fraction of sp³-hybridized carbons (Fsp3) is 0.111. The van der Waals surface area contributed by atoms with Crippen molar-refractivity contribution >= 4 is 39.9 Å². The van der Waals surface area contributed by atoms with Gasteiger partial charge >= 0.3 is 6.03 Å². The van der Waals surface area contributed by atoms with Crippen LogP contribution >= 0.6 is 0 Å². The molecular formula is C18H18N4O2. The van der Waals surface area contributed by atoms with Crippen LogP contribution in [0.25, 0.3) is 10.9 Å². The number of carbonyl (C=O) groups excluding carboxylic acids is 2. The molecule has 0 aliphatic carbocycles. The zero-order chi connectivity index (χ0) is 17.1. The second-order valence-corrected chi connectivity index (χ2v) is 5.45. The molecule has 24 heavy (non-hydrogen) atoms. The molecule has 3 rings (SSSR count). The van der Waals surface area contributed by atoms with Gasteiger partial charge in [-0.15, -0.1) is 0 Å². The molecule has 6 nitrogen and oxygen atoms in total. The zero-order valence-electron chi connectivity index (χ0n) is 13.5. The highest BCUT2D eigenvalue weighted by atomic mass is 16.2. The standard InChI is InChI=1S/C18H18N4O2/c1-12(23)22(2)14-6-3-5-13(11-14)20-18(24)21-17-8-4-7-16-15(17)9-10-19-16/h3-11,19H,1-2H3,(H2,20,21,24). The van der Waals surface area contributed by atoms with Crippen molar-refractivity contribution in [1.82, 2.24) is 4.98 Å². The summed E-state index contributed by atoms with van der Waals surface area (Å²) in [5, 5.41) is 6.57. The number of anilines is 3. The quantitative estimate of drug-likeness (QED) is 0.686. The normalized spacial score (nSPS) is 10.4. The molecule has 2 aromatic carbocycles. The van der Waals surface area contributed by atoms with E-state index in [1.165, 1.54) is 11.8 Å². The molecule has 0 radical (unpaired) electrons. The van der Waals surface area contributed by atoms with E-state index in [0.717, 1.165) is 16.6 Å². The number of aromatic nitrogens is 1. The van der Waals surface area contributed by atoms with Gasteiger partial charge in [0.2, 0.25) is 5.91 Å². The Hall–Kier alpha value is -3.28. The highest BCUT2D eigenvalue weighted by Gasteiger charge is 2.09. The van der Waals surface area contributed by atoms with Gasteiger partial charge in [0.05, 0.1) is 5.69 Å². The first kappa shape index (κ1) is 15.6. The number of urea groups is 1. The second-order valence-electron chi connectivity index (χ2n) is 5.45. The Morgan fingerprint density at radius 2 is 1.83 bits per heavy atom. The Balaban J connectivity index is 1.74. The van der Waals surface area contributed by atoms with Gasteiger partial charge in [-0.2, -0.15) is 0 Å². The lowest BCUT2D eigenvalue weighted by atomic mass is 10.2. The van der Waals surface area contributed by atoms with Crippen LogP contribution in [-0.2, 0) is 4.79 Å². The number of rotatable bonds is 3. The summed E-state index contributed by atoms with van der Waals surface area (Å²) in [6.45, 7) is 1.49. The molecule has 3 aromatic rings. The van der Waals surface area contributed by atoms with Gasteiger partial charge in [-0.1, -0.05) is 12.1 Å². The van der Waals surface area contributed by atoms with E-state index in [0.29, 0.717) is 11.4 Å². The Morgan fingerprint density at radius 1 is 1.04 bits per heavy atom. The molecule has 3 N–H and O–H groups in total. The summed E-state index contributed by atoms with van der Waals surface area (Å²) in [4.78, 5) is 28.3. The first-order chi connectivity index (χ1) is 11.5. The number of hydrogen-bond donors (Lipinski definition) is 3. The van der Waals surface area contributed by atoms with Gasteiger partial charge < -0.3 is 20.5 Å². The molecule has 0 bridgehead atoms. The van der Waals surface area contributed by atoms with E-state index < -0.39 is 0 Å². The molecule has 0 aliphatic heterocycles. The minimum atomic E-state index is -0.341. The van der Waals surface area contributed by atoms with E-state index in [2.05, 4.69) is 15.6 Å². The summed E-state index contributed by atoms with van der Waals surface area (Å²) in [7, 11) is 1.69. The van der Waals surface area contributed by atoms with Gasteiger partial charge in [-0.3, -0.25) is 4.79 Å². The lowest BCUT2D eigenvalue weighted by Crippen LogP contribution is -2.23. The average molecular weight is 322 g/mol. The van der Waals surface area contributed by atoms with Crippen molar-refractivity contribution in [2.24, 2.45) is 0 Å². The van der Waals surface area contributed by atoms with Crippen LogP contribution in [-0.4, -0.2) is 24.0 Å². The number of H-pyrrole nitrogens is 1. The minimum Gasteiger partial charge on any atom is -0.361 e. The molecule has 0 atom stereocenters. The Bertz CT molecular complexity index is 901. The summed E-state index contributed by atoms with van der Waals surface area (Å²) in [5.74, 6) is -0.0734. The largest absolute Gasteiger partial charge is 0.361 e. The predicted octanol–water partition coefficient (Wildman–Crippen LogP) is 3.79. The molecule has 6 heteroatoms. The molecule has 1 heterocycles. The highest BCUT2D eigenvalue weighted by Crippen LogP contribution is 2.23. The van der Waals surface area contributed by atoms with Crippen molar-refractivity contribution in [3.05, 3.63) is 54.7 Å². The second kappa shape index (κ2) is 6.45. The van der Waals surface area contributed by atoms with E-state index in [4.69, 9.17) is 0 Å². The van der Waals surface area contributed by atoms with Crippen LogP contribution in [0.2, 0.25) is 0 Å². The van der Waals surface area contributed by atoms with Gasteiger partial charge in [0.25, 0.3) is 0 Å². The number of benzene rings is 2.